The fraction of sp³-hybridized carbons (Fsp3) is 0.429. The Morgan fingerprint density at radius 3 is 2.53 bits per heavy atom. The molecule has 1 aromatic rings. The average molecular weight is 259 g/mol. The smallest absolute Gasteiger partial charge is 0.410 e. The maximum Gasteiger partial charge on any atom is 0.410 e. The highest BCUT2D eigenvalue weighted by Crippen LogP contribution is 2.06. The van der Waals surface area contributed by atoms with E-state index in [2.05, 4.69) is 6.07 Å². The van der Waals surface area contributed by atoms with Crippen LogP contribution in [0.5, 0.6) is 0 Å². The first-order valence-corrected chi connectivity index (χ1v) is 6.34. The second-order valence-corrected chi connectivity index (χ2v) is 4.46. The summed E-state index contributed by atoms with van der Waals surface area (Å²) in [6, 6.07) is 11.7. The molecule has 0 N–H and O–H groups in total. The van der Waals surface area contributed by atoms with Gasteiger partial charge in [-0.15, -0.1) is 0 Å². The molecule has 0 aliphatic carbocycles. The van der Waals surface area contributed by atoms with Crippen LogP contribution < -0.4 is 0 Å². The minimum atomic E-state index is -0.277. The summed E-state index contributed by atoms with van der Waals surface area (Å²) in [7, 11) is 0. The summed E-state index contributed by atoms with van der Waals surface area (Å²) < 4.78 is 5.27. The van der Waals surface area contributed by atoms with Gasteiger partial charge in [0, 0.05) is 26.2 Å². The van der Waals surface area contributed by atoms with E-state index in [1.807, 2.05) is 35.2 Å². The quantitative estimate of drug-likeness (QED) is 0.771. The molecule has 0 atom stereocenters. The maximum absolute atomic E-state index is 11.9. The van der Waals surface area contributed by atoms with Crippen LogP contribution in [0.4, 0.5) is 4.79 Å². The van der Waals surface area contributed by atoms with E-state index in [1.165, 1.54) is 0 Å². The van der Waals surface area contributed by atoms with Crippen LogP contribution in [0.15, 0.2) is 30.3 Å². The number of rotatable bonds is 3. The largest absolute Gasteiger partial charge is 0.445 e. The molecule has 0 aromatic heterocycles. The van der Waals surface area contributed by atoms with Gasteiger partial charge in [0.2, 0.25) is 0 Å². The molecule has 5 heteroatoms. The molecule has 1 saturated heterocycles. The number of hydrogen-bond acceptors (Lipinski definition) is 4. The number of piperazine rings is 1. The first-order valence-electron chi connectivity index (χ1n) is 6.34. The van der Waals surface area contributed by atoms with Crippen molar-refractivity contribution in [3.63, 3.8) is 0 Å². The Kier molecular flexibility index (Phi) is 4.76. The zero-order chi connectivity index (χ0) is 13.5. The van der Waals surface area contributed by atoms with Gasteiger partial charge in [0.25, 0.3) is 0 Å². The number of carbonyl (C=O) groups excluding carboxylic acids is 1. The zero-order valence-corrected chi connectivity index (χ0v) is 10.8. The molecule has 0 bridgehead atoms. The summed E-state index contributed by atoms with van der Waals surface area (Å²) in [6.07, 6.45) is -0.277. The fourth-order valence-electron chi connectivity index (χ4n) is 2.00. The van der Waals surface area contributed by atoms with Crippen LogP contribution in [-0.4, -0.2) is 48.6 Å². The van der Waals surface area contributed by atoms with Crippen molar-refractivity contribution in [1.82, 2.24) is 9.80 Å². The van der Waals surface area contributed by atoms with Gasteiger partial charge in [0.1, 0.15) is 6.61 Å². The Morgan fingerprint density at radius 2 is 1.89 bits per heavy atom. The summed E-state index contributed by atoms with van der Waals surface area (Å²) >= 11 is 0. The van der Waals surface area contributed by atoms with Gasteiger partial charge >= 0.3 is 6.09 Å². The SMILES string of the molecule is N#CCN1CCN(C(=O)OCc2ccccc2)CC1. The number of benzene rings is 1. The molecule has 0 spiro atoms. The first-order chi connectivity index (χ1) is 9.29. The normalized spacial score (nSPS) is 15.8. The second kappa shape index (κ2) is 6.76. The molecule has 1 amide bonds. The lowest BCUT2D eigenvalue weighted by Crippen LogP contribution is -2.48. The topological polar surface area (TPSA) is 56.6 Å². The van der Waals surface area contributed by atoms with Crippen molar-refractivity contribution in [3.05, 3.63) is 35.9 Å². The number of ether oxygens (including phenoxy) is 1. The summed E-state index contributed by atoms with van der Waals surface area (Å²) in [5.74, 6) is 0. The lowest BCUT2D eigenvalue weighted by atomic mass is 10.2. The van der Waals surface area contributed by atoms with Gasteiger partial charge in [0.05, 0.1) is 12.6 Å². The molecule has 1 heterocycles. The summed E-state index contributed by atoms with van der Waals surface area (Å²) in [4.78, 5) is 15.6. The molecule has 1 aliphatic heterocycles. The van der Waals surface area contributed by atoms with Gasteiger partial charge in [-0.3, -0.25) is 4.90 Å². The molecule has 1 aliphatic rings. The summed E-state index contributed by atoms with van der Waals surface area (Å²) in [5, 5.41) is 8.61. The van der Waals surface area contributed by atoms with Crippen LogP contribution in [0.2, 0.25) is 0 Å². The van der Waals surface area contributed by atoms with Crippen molar-refractivity contribution >= 4 is 6.09 Å². The lowest BCUT2D eigenvalue weighted by Gasteiger charge is -2.32. The van der Waals surface area contributed by atoms with Crippen LogP contribution >= 0.6 is 0 Å². The fourth-order valence-corrected chi connectivity index (χ4v) is 2.00. The van der Waals surface area contributed by atoms with Crippen molar-refractivity contribution in [2.75, 3.05) is 32.7 Å². The third-order valence-corrected chi connectivity index (χ3v) is 3.13. The van der Waals surface area contributed by atoms with E-state index in [0.29, 0.717) is 26.2 Å². The van der Waals surface area contributed by atoms with Crippen molar-refractivity contribution in [3.8, 4) is 6.07 Å². The summed E-state index contributed by atoms with van der Waals surface area (Å²) in [6.45, 7) is 3.43. The molecule has 0 radical (unpaired) electrons. The molecule has 19 heavy (non-hydrogen) atoms. The maximum atomic E-state index is 11.9. The second-order valence-electron chi connectivity index (χ2n) is 4.46. The third kappa shape index (κ3) is 3.97. The molecular weight excluding hydrogens is 242 g/mol. The lowest BCUT2D eigenvalue weighted by molar-refractivity contribution is 0.0745. The van der Waals surface area contributed by atoms with Gasteiger partial charge in [-0.05, 0) is 5.56 Å². The predicted molar refractivity (Wildman–Crippen MR) is 70.3 cm³/mol. The molecule has 0 saturated carbocycles. The number of hydrogen-bond donors (Lipinski definition) is 0. The van der Waals surface area contributed by atoms with E-state index in [4.69, 9.17) is 10.00 Å². The van der Waals surface area contributed by atoms with Gasteiger partial charge in [-0.1, -0.05) is 30.3 Å². The highest BCUT2D eigenvalue weighted by molar-refractivity contribution is 5.67. The minimum Gasteiger partial charge on any atom is -0.445 e. The Morgan fingerprint density at radius 1 is 1.21 bits per heavy atom. The molecule has 100 valence electrons. The van der Waals surface area contributed by atoms with E-state index >= 15 is 0 Å². The Labute approximate surface area is 113 Å². The molecule has 1 fully saturated rings. The van der Waals surface area contributed by atoms with Crippen molar-refractivity contribution in [1.29, 1.82) is 5.26 Å². The molecule has 0 unspecified atom stereocenters. The van der Waals surface area contributed by atoms with Gasteiger partial charge in [-0.2, -0.15) is 5.26 Å². The van der Waals surface area contributed by atoms with E-state index < -0.39 is 0 Å². The Balaban J connectivity index is 1.74. The predicted octanol–water partition coefficient (Wildman–Crippen LogP) is 1.46. The molecular formula is C14H17N3O2. The molecule has 2 rings (SSSR count). The van der Waals surface area contributed by atoms with Gasteiger partial charge < -0.3 is 9.64 Å². The number of carbonyl (C=O) groups is 1. The highest BCUT2D eigenvalue weighted by atomic mass is 16.6. The number of nitriles is 1. The monoisotopic (exact) mass is 259 g/mol. The van der Waals surface area contributed by atoms with Crippen LogP contribution in [0.3, 0.4) is 0 Å². The number of nitrogens with zero attached hydrogens (tertiary/aromatic N) is 3. The Bertz CT molecular complexity index is 448. The van der Waals surface area contributed by atoms with Crippen LogP contribution in [0.25, 0.3) is 0 Å². The minimum absolute atomic E-state index is 0.277. The standard InChI is InChI=1S/C14H17N3O2/c15-6-7-16-8-10-17(11-9-16)14(18)19-12-13-4-2-1-3-5-13/h1-5H,7-12H2. The van der Waals surface area contributed by atoms with Gasteiger partial charge in [0.15, 0.2) is 0 Å². The highest BCUT2D eigenvalue weighted by Gasteiger charge is 2.21. The van der Waals surface area contributed by atoms with Gasteiger partial charge in [-0.25, -0.2) is 4.79 Å². The first kappa shape index (κ1) is 13.4. The molecule has 1 aromatic carbocycles. The third-order valence-electron chi connectivity index (χ3n) is 3.13. The van der Waals surface area contributed by atoms with Crippen LogP contribution in [-0.2, 0) is 11.3 Å². The molecule has 5 nitrogen and oxygen atoms in total. The van der Waals surface area contributed by atoms with E-state index in [0.717, 1.165) is 18.7 Å². The van der Waals surface area contributed by atoms with Crippen molar-refractivity contribution in [2.45, 2.75) is 6.61 Å². The summed E-state index contributed by atoms with van der Waals surface area (Å²) in [5.41, 5.74) is 0.985. The average Bonchev–Trinajstić information content (AvgIpc) is 2.47. The van der Waals surface area contributed by atoms with E-state index in [1.54, 1.807) is 4.90 Å². The van der Waals surface area contributed by atoms with Crippen molar-refractivity contribution < 1.29 is 9.53 Å². The Hall–Kier alpha value is -2.06. The van der Waals surface area contributed by atoms with Crippen molar-refractivity contribution in [2.24, 2.45) is 0 Å². The van der Waals surface area contributed by atoms with Crippen LogP contribution in [0.1, 0.15) is 5.56 Å². The number of amides is 1. The van der Waals surface area contributed by atoms with E-state index in [-0.39, 0.29) is 6.09 Å². The van der Waals surface area contributed by atoms with Crippen LogP contribution in [0, 0.1) is 11.3 Å². The zero-order valence-electron chi connectivity index (χ0n) is 10.8. The van der Waals surface area contributed by atoms with E-state index in [9.17, 15) is 4.79 Å².